The Bertz CT molecular complexity index is 538. The van der Waals surface area contributed by atoms with Crippen LogP contribution in [0.4, 0.5) is 0 Å². The molecule has 0 radical (unpaired) electrons. The summed E-state index contributed by atoms with van der Waals surface area (Å²) in [6.07, 6.45) is 4.48. The molecule has 1 aromatic heterocycles. The molecule has 1 fully saturated rings. The summed E-state index contributed by atoms with van der Waals surface area (Å²) in [4.78, 5) is 3.69. The zero-order chi connectivity index (χ0) is 13.3. The molecule has 0 amide bonds. The van der Waals surface area contributed by atoms with E-state index in [4.69, 9.17) is 14.6 Å². The van der Waals surface area contributed by atoms with Gasteiger partial charge in [-0.05, 0) is 26.7 Å². The van der Waals surface area contributed by atoms with Gasteiger partial charge in [0.15, 0.2) is 11.5 Å². The van der Waals surface area contributed by atoms with Crippen molar-refractivity contribution in [2.75, 3.05) is 0 Å². The zero-order valence-corrected chi connectivity index (χ0v) is 11.1. The van der Waals surface area contributed by atoms with Gasteiger partial charge in [-0.15, -0.1) is 0 Å². The number of ether oxygens (including phenoxy) is 2. The first-order valence-electron chi connectivity index (χ1n) is 5.72. The number of nitrogens with two attached hydrogens (primary N) is 1. The van der Waals surface area contributed by atoms with Crippen LogP contribution in [0.25, 0.3) is 0 Å². The molecule has 18 heavy (non-hydrogen) atoms. The molecule has 0 saturated heterocycles. The van der Waals surface area contributed by atoms with Crippen molar-refractivity contribution in [2.45, 2.75) is 43.8 Å². The second-order valence-electron chi connectivity index (χ2n) is 4.49. The van der Waals surface area contributed by atoms with Crippen LogP contribution >= 0.6 is 0 Å². The predicted octanol–water partition coefficient (Wildman–Crippen LogP) is 1.06. The van der Waals surface area contributed by atoms with Crippen molar-refractivity contribution in [3.8, 4) is 11.5 Å². The van der Waals surface area contributed by atoms with Gasteiger partial charge in [0.05, 0.1) is 24.6 Å². The lowest BCUT2D eigenvalue weighted by Crippen LogP contribution is -2.17. The Morgan fingerprint density at radius 1 is 1.39 bits per heavy atom. The fourth-order valence-electron chi connectivity index (χ4n) is 1.42. The molecule has 2 N–H and O–H groups in total. The van der Waals surface area contributed by atoms with Gasteiger partial charge in [0.2, 0.25) is 10.0 Å². The molecule has 0 unspecified atom stereocenters. The van der Waals surface area contributed by atoms with Gasteiger partial charge in [0, 0.05) is 0 Å². The highest BCUT2D eigenvalue weighted by atomic mass is 32.2. The summed E-state index contributed by atoms with van der Waals surface area (Å²) in [5, 5.41) is 5.15. The van der Waals surface area contributed by atoms with E-state index in [2.05, 4.69) is 4.98 Å². The van der Waals surface area contributed by atoms with Crippen LogP contribution < -0.4 is 14.6 Å². The normalized spacial score (nSPS) is 15.8. The van der Waals surface area contributed by atoms with Gasteiger partial charge < -0.3 is 9.47 Å². The van der Waals surface area contributed by atoms with Crippen LogP contribution in [0, 0.1) is 0 Å². The van der Waals surface area contributed by atoms with E-state index < -0.39 is 10.0 Å². The summed E-state index contributed by atoms with van der Waals surface area (Å²) >= 11 is 0. The summed E-state index contributed by atoms with van der Waals surface area (Å²) < 4.78 is 34.1. The number of primary sulfonamides is 1. The smallest absolute Gasteiger partial charge is 0.243 e. The molecule has 0 aliphatic heterocycles. The number of nitrogens with zero attached hydrogens (tertiary/aromatic N) is 1. The van der Waals surface area contributed by atoms with Gasteiger partial charge >= 0.3 is 0 Å². The maximum Gasteiger partial charge on any atom is 0.243 e. The van der Waals surface area contributed by atoms with Gasteiger partial charge in [0.25, 0.3) is 0 Å². The summed E-state index contributed by atoms with van der Waals surface area (Å²) in [7, 11) is -3.88. The molecular formula is C11H16N2O4S. The van der Waals surface area contributed by atoms with Crippen molar-refractivity contribution in [1.82, 2.24) is 4.98 Å². The van der Waals surface area contributed by atoms with Crippen LogP contribution in [0.2, 0.25) is 0 Å². The first-order valence-corrected chi connectivity index (χ1v) is 7.26. The van der Waals surface area contributed by atoms with Crippen LogP contribution in [0.5, 0.6) is 11.5 Å². The predicted molar refractivity (Wildman–Crippen MR) is 65.0 cm³/mol. The molecule has 0 spiro atoms. The highest BCUT2D eigenvalue weighted by Gasteiger charge is 2.28. The Hall–Kier alpha value is -1.34. The minimum atomic E-state index is -3.88. The van der Waals surface area contributed by atoms with Gasteiger partial charge in [-0.2, -0.15) is 0 Å². The fraction of sp³-hybridized carbons (Fsp3) is 0.545. The number of hydrogen-bond acceptors (Lipinski definition) is 5. The maximum atomic E-state index is 11.5. The molecule has 1 saturated carbocycles. The Labute approximate surface area is 106 Å². The monoisotopic (exact) mass is 272 g/mol. The number of hydrogen-bond donors (Lipinski definition) is 1. The quantitative estimate of drug-likeness (QED) is 0.865. The van der Waals surface area contributed by atoms with E-state index in [1.165, 1.54) is 12.4 Å². The molecule has 0 aromatic carbocycles. The van der Waals surface area contributed by atoms with E-state index in [9.17, 15) is 8.42 Å². The van der Waals surface area contributed by atoms with E-state index in [0.717, 1.165) is 12.8 Å². The van der Waals surface area contributed by atoms with Gasteiger partial charge in [-0.25, -0.2) is 13.6 Å². The highest BCUT2D eigenvalue weighted by molar-refractivity contribution is 7.89. The lowest BCUT2D eigenvalue weighted by Gasteiger charge is -2.16. The molecule has 1 aliphatic rings. The average Bonchev–Trinajstić information content (AvgIpc) is 3.02. The Kier molecular flexibility index (Phi) is 3.45. The molecule has 1 heterocycles. The van der Waals surface area contributed by atoms with Crippen molar-refractivity contribution in [1.29, 1.82) is 0 Å². The highest BCUT2D eigenvalue weighted by Crippen LogP contribution is 2.37. The standard InChI is InChI=1S/C11H16N2O4S/c1-7(2)16-11-9(17-8-3-4-8)5-13-6-10(11)18(12,14)15/h5-8H,3-4H2,1-2H3,(H2,12,14,15). The Balaban J connectivity index is 2.44. The van der Waals surface area contributed by atoms with E-state index >= 15 is 0 Å². The summed E-state index contributed by atoms with van der Waals surface area (Å²) in [5.41, 5.74) is 0. The Morgan fingerprint density at radius 2 is 2.06 bits per heavy atom. The van der Waals surface area contributed by atoms with Gasteiger partial charge in [-0.1, -0.05) is 0 Å². The topological polar surface area (TPSA) is 91.5 Å². The molecule has 100 valence electrons. The molecule has 6 nitrogen and oxygen atoms in total. The van der Waals surface area contributed by atoms with E-state index in [0.29, 0.717) is 5.75 Å². The van der Waals surface area contributed by atoms with Crippen LogP contribution in [0.1, 0.15) is 26.7 Å². The van der Waals surface area contributed by atoms with E-state index in [-0.39, 0.29) is 22.9 Å². The first-order chi connectivity index (χ1) is 8.38. The third kappa shape index (κ3) is 3.11. The van der Waals surface area contributed by atoms with Crippen LogP contribution in [-0.2, 0) is 10.0 Å². The number of aromatic nitrogens is 1. The van der Waals surface area contributed by atoms with Gasteiger partial charge in [-0.3, -0.25) is 4.98 Å². The first kappa shape index (κ1) is 13.1. The number of sulfonamides is 1. The fourth-order valence-corrected chi connectivity index (χ4v) is 2.03. The van der Waals surface area contributed by atoms with E-state index in [1.807, 2.05) is 0 Å². The lowest BCUT2D eigenvalue weighted by molar-refractivity contribution is 0.210. The van der Waals surface area contributed by atoms with Crippen molar-refractivity contribution in [3.05, 3.63) is 12.4 Å². The molecule has 1 aromatic rings. The number of pyridine rings is 1. The van der Waals surface area contributed by atoms with Crippen LogP contribution in [0.3, 0.4) is 0 Å². The van der Waals surface area contributed by atoms with Crippen molar-refractivity contribution in [2.24, 2.45) is 5.14 Å². The minimum Gasteiger partial charge on any atom is -0.486 e. The second kappa shape index (κ2) is 4.74. The van der Waals surface area contributed by atoms with Crippen molar-refractivity contribution in [3.63, 3.8) is 0 Å². The average molecular weight is 272 g/mol. The van der Waals surface area contributed by atoms with Crippen molar-refractivity contribution < 1.29 is 17.9 Å². The molecule has 2 rings (SSSR count). The van der Waals surface area contributed by atoms with E-state index in [1.54, 1.807) is 13.8 Å². The minimum absolute atomic E-state index is 0.122. The summed E-state index contributed by atoms with van der Waals surface area (Å²) in [5.74, 6) is 0.479. The molecule has 7 heteroatoms. The number of rotatable bonds is 5. The summed E-state index contributed by atoms with van der Waals surface area (Å²) in [6.45, 7) is 3.60. The van der Waals surface area contributed by atoms with Crippen LogP contribution in [-0.4, -0.2) is 25.6 Å². The molecule has 0 atom stereocenters. The molecular weight excluding hydrogens is 256 g/mol. The SMILES string of the molecule is CC(C)Oc1c(OC2CC2)cncc1S(N)(=O)=O. The largest absolute Gasteiger partial charge is 0.486 e. The van der Waals surface area contributed by atoms with Crippen molar-refractivity contribution >= 4 is 10.0 Å². The van der Waals surface area contributed by atoms with Gasteiger partial charge in [0.1, 0.15) is 4.90 Å². The summed E-state index contributed by atoms with van der Waals surface area (Å²) in [6, 6.07) is 0. The third-order valence-corrected chi connectivity index (χ3v) is 3.21. The maximum absolute atomic E-state index is 11.5. The Morgan fingerprint density at radius 3 is 2.56 bits per heavy atom. The molecule has 0 bridgehead atoms. The second-order valence-corrected chi connectivity index (χ2v) is 6.02. The zero-order valence-electron chi connectivity index (χ0n) is 10.3. The third-order valence-electron chi connectivity index (χ3n) is 2.31. The molecule has 1 aliphatic carbocycles. The lowest BCUT2D eigenvalue weighted by atomic mass is 10.4. The van der Waals surface area contributed by atoms with Crippen LogP contribution in [0.15, 0.2) is 17.3 Å².